The Morgan fingerprint density at radius 2 is 2.23 bits per heavy atom. The van der Waals surface area contributed by atoms with Gasteiger partial charge in [-0.15, -0.1) is 0 Å². The van der Waals surface area contributed by atoms with E-state index in [1.54, 1.807) is 0 Å². The molecule has 1 amide bonds. The molecule has 2 unspecified atom stereocenters. The van der Waals surface area contributed by atoms with Crippen LogP contribution in [0.25, 0.3) is 10.4 Å². The van der Waals surface area contributed by atoms with E-state index in [0.717, 1.165) is 19.3 Å². The number of nitrogens with one attached hydrogen (secondary N) is 1. The minimum Gasteiger partial charge on any atom is -0.353 e. The maximum atomic E-state index is 11.4. The highest BCUT2D eigenvalue weighted by atomic mass is 16.2. The van der Waals surface area contributed by atoms with Gasteiger partial charge in [-0.25, -0.2) is 0 Å². The van der Waals surface area contributed by atoms with Crippen LogP contribution in [0.1, 0.15) is 32.6 Å². The van der Waals surface area contributed by atoms with E-state index < -0.39 is 6.04 Å². The first kappa shape index (κ1) is 9.86. The SMILES string of the molecule is CC1CCCCC(N=[N+]=[N-])C(=O)N1. The van der Waals surface area contributed by atoms with Gasteiger partial charge in [-0.1, -0.05) is 18.0 Å². The number of azide groups is 1. The fraction of sp³-hybridized carbons (Fsp3) is 0.875. The van der Waals surface area contributed by atoms with Crippen molar-refractivity contribution in [3.8, 4) is 0 Å². The highest BCUT2D eigenvalue weighted by Crippen LogP contribution is 2.12. The van der Waals surface area contributed by atoms with Crippen molar-refractivity contribution in [2.45, 2.75) is 44.7 Å². The lowest BCUT2D eigenvalue weighted by atomic mass is 10.0. The van der Waals surface area contributed by atoms with Gasteiger partial charge in [0, 0.05) is 11.0 Å². The Morgan fingerprint density at radius 1 is 1.54 bits per heavy atom. The minimum atomic E-state index is -0.507. The highest BCUT2D eigenvalue weighted by molar-refractivity contribution is 5.82. The second-order valence-electron chi connectivity index (χ2n) is 3.41. The van der Waals surface area contributed by atoms with Gasteiger partial charge >= 0.3 is 0 Å². The van der Waals surface area contributed by atoms with E-state index in [0.29, 0.717) is 6.42 Å². The molecule has 1 saturated heterocycles. The third-order valence-corrected chi connectivity index (χ3v) is 2.25. The van der Waals surface area contributed by atoms with Gasteiger partial charge in [-0.3, -0.25) is 4.79 Å². The molecule has 0 aromatic rings. The number of carbonyl (C=O) groups excluding carboxylic acids is 1. The molecule has 1 N–H and O–H groups in total. The molecule has 1 heterocycles. The quantitative estimate of drug-likeness (QED) is 0.374. The molecular formula is C8H14N4O. The summed E-state index contributed by atoms with van der Waals surface area (Å²) in [7, 11) is 0. The molecule has 2 atom stereocenters. The summed E-state index contributed by atoms with van der Waals surface area (Å²) in [6.45, 7) is 1.97. The van der Waals surface area contributed by atoms with E-state index >= 15 is 0 Å². The third kappa shape index (κ3) is 2.95. The Bertz CT molecular complexity index is 234. The number of nitrogens with zero attached hydrogens (tertiary/aromatic N) is 3. The number of carbonyl (C=O) groups is 1. The topological polar surface area (TPSA) is 77.9 Å². The first-order valence-electron chi connectivity index (χ1n) is 4.58. The molecule has 0 spiro atoms. The van der Waals surface area contributed by atoms with Crippen LogP contribution in [0.3, 0.4) is 0 Å². The molecule has 0 saturated carbocycles. The van der Waals surface area contributed by atoms with Crippen LogP contribution >= 0.6 is 0 Å². The average molecular weight is 182 g/mol. The maximum absolute atomic E-state index is 11.4. The summed E-state index contributed by atoms with van der Waals surface area (Å²) in [6.07, 6.45) is 3.72. The van der Waals surface area contributed by atoms with Crippen LogP contribution in [0.2, 0.25) is 0 Å². The van der Waals surface area contributed by atoms with Crippen LogP contribution in [0, 0.1) is 0 Å². The lowest BCUT2D eigenvalue weighted by Gasteiger charge is -2.20. The molecule has 5 heteroatoms. The molecule has 1 rings (SSSR count). The molecule has 72 valence electrons. The van der Waals surface area contributed by atoms with Crippen LogP contribution in [0.15, 0.2) is 5.11 Å². The van der Waals surface area contributed by atoms with Gasteiger partial charge in [0.2, 0.25) is 5.91 Å². The van der Waals surface area contributed by atoms with E-state index in [4.69, 9.17) is 5.53 Å². The Labute approximate surface area is 77.1 Å². The molecule has 5 nitrogen and oxygen atoms in total. The second kappa shape index (κ2) is 4.72. The van der Waals surface area contributed by atoms with Gasteiger partial charge in [-0.05, 0) is 25.3 Å². The highest BCUT2D eigenvalue weighted by Gasteiger charge is 2.20. The summed E-state index contributed by atoms with van der Waals surface area (Å²) < 4.78 is 0. The maximum Gasteiger partial charge on any atom is 0.229 e. The fourth-order valence-electron chi connectivity index (χ4n) is 1.50. The summed E-state index contributed by atoms with van der Waals surface area (Å²) in [6, 6.07) is -0.308. The van der Waals surface area contributed by atoms with E-state index in [1.807, 2.05) is 6.92 Å². The van der Waals surface area contributed by atoms with E-state index in [2.05, 4.69) is 15.3 Å². The Kier molecular flexibility index (Phi) is 3.58. The van der Waals surface area contributed by atoms with Gasteiger partial charge in [-0.2, -0.15) is 0 Å². The monoisotopic (exact) mass is 182 g/mol. The van der Waals surface area contributed by atoms with Crippen molar-refractivity contribution in [2.24, 2.45) is 5.11 Å². The van der Waals surface area contributed by atoms with Crippen molar-refractivity contribution in [3.63, 3.8) is 0 Å². The van der Waals surface area contributed by atoms with Crippen LogP contribution in [0.5, 0.6) is 0 Å². The number of amides is 1. The zero-order valence-electron chi connectivity index (χ0n) is 7.73. The molecular weight excluding hydrogens is 168 g/mol. The molecule has 0 bridgehead atoms. The van der Waals surface area contributed by atoms with Gasteiger partial charge in [0.15, 0.2) is 0 Å². The first-order chi connectivity index (χ1) is 6.24. The van der Waals surface area contributed by atoms with Gasteiger partial charge in [0.05, 0.1) is 0 Å². The number of rotatable bonds is 1. The predicted octanol–water partition coefficient (Wildman–Crippen LogP) is 1.74. The summed E-state index contributed by atoms with van der Waals surface area (Å²) in [5.41, 5.74) is 8.24. The summed E-state index contributed by atoms with van der Waals surface area (Å²) in [5.74, 6) is -0.134. The molecule has 0 aromatic heterocycles. The van der Waals surface area contributed by atoms with Crippen LogP contribution < -0.4 is 5.32 Å². The zero-order valence-corrected chi connectivity index (χ0v) is 7.73. The molecule has 13 heavy (non-hydrogen) atoms. The average Bonchev–Trinajstić information content (AvgIpc) is 2.08. The number of hydrogen-bond acceptors (Lipinski definition) is 2. The van der Waals surface area contributed by atoms with Crippen molar-refractivity contribution >= 4 is 5.91 Å². The van der Waals surface area contributed by atoms with Gasteiger partial charge in [0.1, 0.15) is 6.04 Å². The normalized spacial score (nSPS) is 29.5. The van der Waals surface area contributed by atoms with E-state index in [9.17, 15) is 4.79 Å². The van der Waals surface area contributed by atoms with Crippen LogP contribution in [0.4, 0.5) is 0 Å². The van der Waals surface area contributed by atoms with Gasteiger partial charge in [0.25, 0.3) is 0 Å². The smallest absolute Gasteiger partial charge is 0.229 e. The summed E-state index contributed by atoms with van der Waals surface area (Å²) in [4.78, 5) is 14.1. The van der Waals surface area contributed by atoms with Crippen molar-refractivity contribution in [3.05, 3.63) is 10.4 Å². The van der Waals surface area contributed by atoms with Crippen molar-refractivity contribution in [1.29, 1.82) is 0 Å². The fourth-order valence-corrected chi connectivity index (χ4v) is 1.50. The van der Waals surface area contributed by atoms with E-state index in [-0.39, 0.29) is 11.9 Å². The molecule has 1 fully saturated rings. The molecule has 1 aliphatic rings. The standard InChI is InChI=1S/C8H14N4O/c1-6-4-2-3-5-7(11-12-9)8(13)10-6/h6-7H,2-5H2,1H3,(H,10,13). The zero-order chi connectivity index (χ0) is 9.68. The summed E-state index contributed by atoms with van der Waals surface area (Å²) in [5, 5.41) is 6.28. The predicted molar refractivity (Wildman–Crippen MR) is 49.0 cm³/mol. The third-order valence-electron chi connectivity index (χ3n) is 2.25. The Balaban J connectivity index is 2.61. The van der Waals surface area contributed by atoms with Gasteiger partial charge < -0.3 is 5.32 Å². The van der Waals surface area contributed by atoms with E-state index in [1.165, 1.54) is 0 Å². The van der Waals surface area contributed by atoms with Crippen molar-refractivity contribution in [2.75, 3.05) is 0 Å². The Morgan fingerprint density at radius 3 is 2.92 bits per heavy atom. The lowest BCUT2D eigenvalue weighted by Crippen LogP contribution is -2.40. The second-order valence-corrected chi connectivity index (χ2v) is 3.41. The largest absolute Gasteiger partial charge is 0.353 e. The van der Waals surface area contributed by atoms with Crippen LogP contribution in [-0.2, 0) is 4.79 Å². The van der Waals surface area contributed by atoms with Crippen molar-refractivity contribution in [1.82, 2.24) is 5.32 Å². The minimum absolute atomic E-state index is 0.134. The summed E-state index contributed by atoms with van der Waals surface area (Å²) >= 11 is 0. The van der Waals surface area contributed by atoms with Crippen molar-refractivity contribution < 1.29 is 4.79 Å². The molecule has 0 radical (unpaired) electrons. The number of hydrogen-bond donors (Lipinski definition) is 1. The molecule has 0 aliphatic carbocycles. The first-order valence-corrected chi connectivity index (χ1v) is 4.58. The molecule has 1 aliphatic heterocycles. The lowest BCUT2D eigenvalue weighted by molar-refractivity contribution is -0.123. The molecule has 0 aromatic carbocycles. The van der Waals surface area contributed by atoms with Crippen LogP contribution in [-0.4, -0.2) is 18.0 Å². The Hall–Kier alpha value is -1.22.